The zero-order chi connectivity index (χ0) is 20.2. The van der Waals surface area contributed by atoms with Gasteiger partial charge in [-0.3, -0.25) is 9.59 Å². The number of nitrogens with two attached hydrogens (primary N) is 1. The molecule has 3 saturated heterocycles. The van der Waals surface area contributed by atoms with Gasteiger partial charge >= 0.3 is 0 Å². The van der Waals surface area contributed by atoms with Gasteiger partial charge < -0.3 is 24.8 Å². The Balaban J connectivity index is 0.00000136. The molecule has 4 heterocycles. The number of likely N-dealkylation sites (tertiary alicyclic amines) is 1. The lowest BCUT2D eigenvalue weighted by molar-refractivity contribution is -0.143. The van der Waals surface area contributed by atoms with E-state index in [9.17, 15) is 9.59 Å². The fourth-order valence-corrected chi connectivity index (χ4v) is 5.48. The molecule has 2 bridgehead atoms. The average molecular weight is 470 g/mol. The van der Waals surface area contributed by atoms with E-state index in [0.29, 0.717) is 32.7 Å². The molecule has 0 radical (unpaired) electrons. The third-order valence-corrected chi connectivity index (χ3v) is 6.86. The van der Waals surface area contributed by atoms with Crippen molar-refractivity contribution in [1.82, 2.24) is 19.4 Å². The SMILES string of the molecule is CN(CCn1cnc2ccccc21)C(=O)[C@H]1[C@@H]2CC[C@@]3(CN(CCN)C(=O)[C@@H]13)O2.Cl.Cl. The summed E-state index contributed by atoms with van der Waals surface area (Å²) in [5.74, 6) is -0.709. The Bertz CT molecular complexity index is 969. The first-order valence-electron chi connectivity index (χ1n) is 10.4. The predicted octanol–water partition coefficient (Wildman–Crippen LogP) is 1.30. The molecule has 10 heteroatoms. The minimum absolute atomic E-state index is 0. The first-order chi connectivity index (χ1) is 14.0. The summed E-state index contributed by atoms with van der Waals surface area (Å²) >= 11 is 0. The van der Waals surface area contributed by atoms with Crippen LogP contribution in [-0.4, -0.2) is 76.1 Å². The van der Waals surface area contributed by atoms with E-state index in [1.54, 1.807) is 9.80 Å². The number of rotatable bonds is 6. The number of benzene rings is 1. The zero-order valence-corrected chi connectivity index (χ0v) is 19.1. The summed E-state index contributed by atoms with van der Waals surface area (Å²) in [5.41, 5.74) is 7.18. The lowest BCUT2D eigenvalue weighted by atomic mass is 9.72. The van der Waals surface area contributed by atoms with Crippen molar-refractivity contribution in [2.75, 3.05) is 33.2 Å². The van der Waals surface area contributed by atoms with Gasteiger partial charge in [0.1, 0.15) is 0 Å². The fourth-order valence-electron chi connectivity index (χ4n) is 5.48. The molecule has 31 heavy (non-hydrogen) atoms. The van der Waals surface area contributed by atoms with Gasteiger partial charge in [0.15, 0.2) is 0 Å². The number of hydrogen-bond donors (Lipinski definition) is 1. The largest absolute Gasteiger partial charge is 0.368 e. The molecular weight excluding hydrogens is 441 g/mol. The molecule has 1 spiro atoms. The van der Waals surface area contributed by atoms with Crippen molar-refractivity contribution in [2.24, 2.45) is 17.6 Å². The molecule has 0 unspecified atom stereocenters. The summed E-state index contributed by atoms with van der Waals surface area (Å²) < 4.78 is 8.31. The number of hydrogen-bond acceptors (Lipinski definition) is 5. The van der Waals surface area contributed by atoms with Gasteiger partial charge in [-0.2, -0.15) is 0 Å². The van der Waals surface area contributed by atoms with Crippen LogP contribution < -0.4 is 5.73 Å². The molecule has 8 nitrogen and oxygen atoms in total. The van der Waals surface area contributed by atoms with Gasteiger partial charge in [-0.1, -0.05) is 12.1 Å². The molecule has 0 saturated carbocycles. The van der Waals surface area contributed by atoms with E-state index >= 15 is 0 Å². The van der Waals surface area contributed by atoms with Crippen LogP contribution in [-0.2, 0) is 20.9 Å². The van der Waals surface area contributed by atoms with Crippen LogP contribution in [0.2, 0.25) is 0 Å². The van der Waals surface area contributed by atoms with Crippen LogP contribution in [0.3, 0.4) is 0 Å². The maximum Gasteiger partial charge on any atom is 0.229 e. The molecule has 2 aromatic rings. The number of amides is 2. The number of imidazole rings is 1. The fraction of sp³-hybridized carbons (Fsp3) is 0.571. The van der Waals surface area contributed by atoms with E-state index in [0.717, 1.165) is 23.9 Å². The molecule has 170 valence electrons. The van der Waals surface area contributed by atoms with Crippen molar-refractivity contribution < 1.29 is 14.3 Å². The lowest BCUT2D eigenvalue weighted by Gasteiger charge is -2.30. The summed E-state index contributed by atoms with van der Waals surface area (Å²) in [7, 11) is 1.82. The molecule has 5 rings (SSSR count). The van der Waals surface area contributed by atoms with Crippen LogP contribution in [0.25, 0.3) is 11.0 Å². The number of ether oxygens (including phenoxy) is 1. The Morgan fingerprint density at radius 1 is 1.32 bits per heavy atom. The molecule has 1 aromatic carbocycles. The topological polar surface area (TPSA) is 93.7 Å². The summed E-state index contributed by atoms with van der Waals surface area (Å²) in [6, 6.07) is 7.96. The number of likely N-dealkylation sites (N-methyl/N-ethyl adjacent to an activating group) is 1. The number of carbonyl (C=O) groups excluding carboxylic acids is 2. The summed E-state index contributed by atoms with van der Waals surface area (Å²) in [4.78, 5) is 34.3. The van der Waals surface area contributed by atoms with Gasteiger partial charge in [-0.15, -0.1) is 24.8 Å². The highest BCUT2D eigenvalue weighted by Crippen LogP contribution is 2.55. The molecule has 4 atom stereocenters. The Kier molecular flexibility index (Phi) is 6.86. The van der Waals surface area contributed by atoms with Crippen molar-refractivity contribution in [3.05, 3.63) is 30.6 Å². The second kappa shape index (κ2) is 8.94. The van der Waals surface area contributed by atoms with E-state index in [1.165, 1.54) is 0 Å². The van der Waals surface area contributed by atoms with Crippen molar-refractivity contribution in [2.45, 2.75) is 31.1 Å². The Labute approximate surface area is 193 Å². The van der Waals surface area contributed by atoms with Crippen LogP contribution in [0.15, 0.2) is 30.6 Å². The maximum absolute atomic E-state index is 13.3. The van der Waals surface area contributed by atoms with Crippen LogP contribution >= 0.6 is 24.8 Å². The standard InChI is InChI=1S/C21H27N5O3.2ClH/c1-24(10-11-26-13-23-14-4-2-3-5-15(14)26)19(27)17-16-6-7-21(29-16)12-25(9-8-22)20(28)18(17)21;;/h2-5,13,16-18H,6-12,22H2,1H3;2*1H/t16-,17-,18+,21-;;/m0../s1. The molecule has 0 aliphatic carbocycles. The molecular formula is C21H29Cl2N5O3. The van der Waals surface area contributed by atoms with Gasteiger partial charge in [0, 0.05) is 33.2 Å². The minimum Gasteiger partial charge on any atom is -0.368 e. The highest BCUT2D eigenvalue weighted by Gasteiger charge is 2.68. The summed E-state index contributed by atoms with van der Waals surface area (Å²) in [6.45, 7) is 2.73. The second-order valence-corrected chi connectivity index (χ2v) is 8.50. The third kappa shape index (κ3) is 3.69. The Morgan fingerprint density at radius 3 is 2.87 bits per heavy atom. The van der Waals surface area contributed by atoms with Crippen LogP contribution in [0, 0.1) is 11.8 Å². The van der Waals surface area contributed by atoms with E-state index in [4.69, 9.17) is 10.5 Å². The summed E-state index contributed by atoms with van der Waals surface area (Å²) in [6.07, 6.45) is 3.36. The summed E-state index contributed by atoms with van der Waals surface area (Å²) in [5, 5.41) is 0. The number of nitrogens with zero attached hydrogens (tertiary/aromatic N) is 4. The van der Waals surface area contributed by atoms with Crippen molar-refractivity contribution in [1.29, 1.82) is 0 Å². The first kappa shape index (κ1) is 23.8. The molecule has 2 amide bonds. The van der Waals surface area contributed by atoms with Crippen LogP contribution in [0.5, 0.6) is 0 Å². The second-order valence-electron chi connectivity index (χ2n) is 8.50. The zero-order valence-electron chi connectivity index (χ0n) is 17.5. The molecule has 2 N–H and O–H groups in total. The Hall–Kier alpha value is -1.87. The maximum atomic E-state index is 13.3. The number of halogens is 2. The molecule has 3 fully saturated rings. The van der Waals surface area contributed by atoms with Crippen molar-refractivity contribution >= 4 is 47.7 Å². The van der Waals surface area contributed by atoms with E-state index < -0.39 is 5.60 Å². The first-order valence-corrected chi connectivity index (χ1v) is 10.4. The number of aromatic nitrogens is 2. The monoisotopic (exact) mass is 469 g/mol. The van der Waals surface area contributed by atoms with Gasteiger partial charge in [-0.05, 0) is 25.0 Å². The van der Waals surface area contributed by atoms with Crippen LogP contribution in [0.1, 0.15) is 12.8 Å². The molecule has 1 aromatic heterocycles. The van der Waals surface area contributed by atoms with Gasteiger partial charge in [0.05, 0.1) is 47.4 Å². The third-order valence-electron chi connectivity index (χ3n) is 6.86. The number of fused-ring (bicyclic) bond motifs is 2. The van der Waals surface area contributed by atoms with Gasteiger partial charge in [-0.25, -0.2) is 4.98 Å². The number of carbonyl (C=O) groups is 2. The highest BCUT2D eigenvalue weighted by molar-refractivity contribution is 5.92. The molecule has 3 aliphatic rings. The smallest absolute Gasteiger partial charge is 0.229 e. The van der Waals surface area contributed by atoms with E-state index in [-0.39, 0.29) is 54.6 Å². The Morgan fingerprint density at radius 2 is 2.10 bits per heavy atom. The normalized spacial score (nSPS) is 28.4. The van der Waals surface area contributed by atoms with Crippen LogP contribution in [0.4, 0.5) is 0 Å². The number of para-hydroxylation sites is 2. The van der Waals surface area contributed by atoms with Crippen molar-refractivity contribution in [3.63, 3.8) is 0 Å². The van der Waals surface area contributed by atoms with Gasteiger partial charge in [0.25, 0.3) is 0 Å². The predicted molar refractivity (Wildman–Crippen MR) is 121 cm³/mol. The lowest BCUT2D eigenvalue weighted by Crippen LogP contribution is -2.46. The van der Waals surface area contributed by atoms with E-state index in [1.807, 2.05) is 37.6 Å². The minimum atomic E-state index is -0.487. The highest BCUT2D eigenvalue weighted by atomic mass is 35.5. The van der Waals surface area contributed by atoms with Crippen molar-refractivity contribution in [3.8, 4) is 0 Å². The van der Waals surface area contributed by atoms with Gasteiger partial charge in [0.2, 0.25) is 11.8 Å². The molecule has 3 aliphatic heterocycles. The quantitative estimate of drug-likeness (QED) is 0.687. The van der Waals surface area contributed by atoms with E-state index in [2.05, 4.69) is 9.55 Å². The average Bonchev–Trinajstić information content (AvgIpc) is 3.46.